The van der Waals surface area contributed by atoms with Crippen molar-refractivity contribution in [2.75, 3.05) is 24.5 Å². The molecule has 1 saturated heterocycles. The van der Waals surface area contributed by atoms with Crippen LogP contribution >= 0.6 is 11.6 Å². The molecule has 0 bridgehead atoms. The van der Waals surface area contributed by atoms with E-state index >= 15 is 0 Å². The van der Waals surface area contributed by atoms with Gasteiger partial charge in [-0.2, -0.15) is 0 Å². The van der Waals surface area contributed by atoms with E-state index in [1.54, 1.807) is 18.2 Å². The van der Waals surface area contributed by atoms with E-state index in [0.717, 1.165) is 12.0 Å². The van der Waals surface area contributed by atoms with Crippen LogP contribution in [0.5, 0.6) is 0 Å². The van der Waals surface area contributed by atoms with Crippen LogP contribution < -0.4 is 10.2 Å². The second kappa shape index (κ2) is 8.86. The number of nitrogens with one attached hydrogen (secondary N) is 1. The second-order valence-corrected chi connectivity index (χ2v) is 7.11. The first-order valence-corrected chi connectivity index (χ1v) is 9.43. The smallest absolute Gasteiger partial charge is 0.292 e. The molecule has 0 radical (unpaired) electrons. The van der Waals surface area contributed by atoms with E-state index in [-0.39, 0.29) is 22.4 Å². The first kappa shape index (κ1) is 19.2. The molecule has 1 heterocycles. The van der Waals surface area contributed by atoms with Gasteiger partial charge in [-0.1, -0.05) is 35.9 Å². The largest absolute Gasteiger partial charge is 0.366 e. The van der Waals surface area contributed by atoms with Crippen LogP contribution in [0.15, 0.2) is 48.5 Å². The number of rotatable bonds is 6. The predicted molar refractivity (Wildman–Crippen MR) is 106 cm³/mol. The minimum atomic E-state index is -0.356. The zero-order chi connectivity index (χ0) is 19.2. The van der Waals surface area contributed by atoms with Gasteiger partial charge in [-0.25, -0.2) is 0 Å². The van der Waals surface area contributed by atoms with Crippen molar-refractivity contribution in [2.45, 2.75) is 19.3 Å². The Morgan fingerprint density at radius 1 is 1.15 bits per heavy atom. The lowest BCUT2D eigenvalue weighted by Gasteiger charge is -2.32. The summed E-state index contributed by atoms with van der Waals surface area (Å²) in [5.74, 6) is 0.0143. The van der Waals surface area contributed by atoms with Crippen molar-refractivity contribution in [3.05, 3.63) is 69.2 Å². The van der Waals surface area contributed by atoms with Crippen molar-refractivity contribution in [3.8, 4) is 0 Å². The third kappa shape index (κ3) is 4.98. The third-order valence-electron chi connectivity index (χ3n) is 4.91. The van der Waals surface area contributed by atoms with Crippen LogP contribution in [0.4, 0.5) is 11.4 Å². The molecule has 0 spiro atoms. The molecule has 0 unspecified atom stereocenters. The van der Waals surface area contributed by atoms with Gasteiger partial charge in [0.05, 0.1) is 4.92 Å². The maximum absolute atomic E-state index is 12.4. The van der Waals surface area contributed by atoms with Crippen LogP contribution in [0.25, 0.3) is 0 Å². The van der Waals surface area contributed by atoms with Crippen molar-refractivity contribution >= 4 is 28.9 Å². The summed E-state index contributed by atoms with van der Waals surface area (Å²) in [5.41, 5.74) is 1.87. The topological polar surface area (TPSA) is 75.5 Å². The average molecular weight is 388 g/mol. The monoisotopic (exact) mass is 387 g/mol. The van der Waals surface area contributed by atoms with Gasteiger partial charge in [0, 0.05) is 36.6 Å². The van der Waals surface area contributed by atoms with Crippen LogP contribution in [0.2, 0.25) is 5.02 Å². The number of anilines is 1. The summed E-state index contributed by atoms with van der Waals surface area (Å²) < 4.78 is 0. The molecule has 2 aromatic carbocycles. The molecule has 2 aromatic rings. The number of nitrogens with zero attached hydrogens (tertiary/aromatic N) is 2. The second-order valence-electron chi connectivity index (χ2n) is 6.67. The molecule has 6 nitrogen and oxygen atoms in total. The molecule has 1 aliphatic heterocycles. The van der Waals surface area contributed by atoms with Crippen LogP contribution in [0.1, 0.15) is 18.4 Å². The van der Waals surface area contributed by atoms with Gasteiger partial charge in [-0.15, -0.1) is 0 Å². The number of amides is 1. The SMILES string of the molecule is O=C(NCCc1ccc(Cl)cc1)C1CCN(c2ccccc2[N+](=O)[O-])CC1. The molecule has 1 fully saturated rings. The Balaban J connectivity index is 1.48. The Labute approximate surface area is 163 Å². The molecule has 0 aliphatic carbocycles. The number of carbonyl (C=O) groups is 1. The zero-order valence-corrected chi connectivity index (χ0v) is 15.7. The van der Waals surface area contributed by atoms with E-state index in [1.807, 2.05) is 29.2 Å². The molecule has 27 heavy (non-hydrogen) atoms. The lowest BCUT2D eigenvalue weighted by Crippen LogP contribution is -2.41. The number of nitro benzene ring substituents is 1. The number of halogens is 1. The molecule has 0 saturated carbocycles. The van der Waals surface area contributed by atoms with E-state index < -0.39 is 0 Å². The van der Waals surface area contributed by atoms with Crippen molar-refractivity contribution in [3.63, 3.8) is 0 Å². The van der Waals surface area contributed by atoms with Gasteiger partial charge in [-0.05, 0) is 43.0 Å². The van der Waals surface area contributed by atoms with Gasteiger partial charge < -0.3 is 10.2 Å². The lowest BCUT2D eigenvalue weighted by atomic mass is 9.95. The summed E-state index contributed by atoms with van der Waals surface area (Å²) >= 11 is 5.87. The maximum Gasteiger partial charge on any atom is 0.292 e. The van der Waals surface area contributed by atoms with E-state index in [4.69, 9.17) is 11.6 Å². The number of hydrogen-bond acceptors (Lipinski definition) is 4. The average Bonchev–Trinajstić information content (AvgIpc) is 2.69. The summed E-state index contributed by atoms with van der Waals surface area (Å²) in [6.07, 6.45) is 2.15. The van der Waals surface area contributed by atoms with Gasteiger partial charge >= 0.3 is 0 Å². The minimum Gasteiger partial charge on any atom is -0.366 e. The highest BCUT2D eigenvalue weighted by molar-refractivity contribution is 6.30. The third-order valence-corrected chi connectivity index (χ3v) is 5.16. The summed E-state index contributed by atoms with van der Waals surface area (Å²) in [5, 5.41) is 14.9. The molecule has 0 aromatic heterocycles. The van der Waals surface area contributed by atoms with Gasteiger partial charge in [0.2, 0.25) is 5.91 Å². The fourth-order valence-corrected chi connectivity index (χ4v) is 3.52. The molecular weight excluding hydrogens is 366 g/mol. The Hall–Kier alpha value is -2.60. The highest BCUT2D eigenvalue weighted by Gasteiger charge is 2.27. The molecule has 7 heteroatoms. The van der Waals surface area contributed by atoms with Gasteiger partial charge in [0.25, 0.3) is 5.69 Å². The molecule has 142 valence electrons. The number of carbonyl (C=O) groups excluding carboxylic acids is 1. The zero-order valence-electron chi connectivity index (χ0n) is 14.9. The quantitative estimate of drug-likeness (QED) is 0.603. The standard InChI is InChI=1S/C20H22ClN3O3/c21-17-7-5-15(6-8-17)9-12-22-20(25)16-10-13-23(14-11-16)18-3-1-2-4-19(18)24(26)27/h1-8,16H,9-14H2,(H,22,25). The summed E-state index contributed by atoms with van der Waals surface area (Å²) in [4.78, 5) is 25.2. The highest BCUT2D eigenvalue weighted by Crippen LogP contribution is 2.31. The first-order chi connectivity index (χ1) is 13.0. The normalized spacial score (nSPS) is 14.8. The molecule has 1 aliphatic rings. The number of nitro groups is 1. The molecule has 3 rings (SSSR count). The Morgan fingerprint density at radius 2 is 1.81 bits per heavy atom. The lowest BCUT2D eigenvalue weighted by molar-refractivity contribution is -0.384. The summed E-state index contributed by atoms with van der Waals surface area (Å²) in [6, 6.07) is 14.4. The summed E-state index contributed by atoms with van der Waals surface area (Å²) in [6.45, 7) is 1.87. The van der Waals surface area contributed by atoms with Gasteiger partial charge in [0.1, 0.15) is 5.69 Å². The van der Waals surface area contributed by atoms with E-state index in [1.165, 1.54) is 6.07 Å². The molecule has 1 N–H and O–H groups in total. The van der Waals surface area contributed by atoms with Crippen LogP contribution in [-0.4, -0.2) is 30.5 Å². The fraction of sp³-hybridized carbons (Fsp3) is 0.350. The van der Waals surface area contributed by atoms with Crippen LogP contribution in [-0.2, 0) is 11.2 Å². The van der Waals surface area contributed by atoms with E-state index in [9.17, 15) is 14.9 Å². The van der Waals surface area contributed by atoms with Gasteiger partial charge in [0.15, 0.2) is 0 Å². The number of para-hydroxylation sites is 2. The highest BCUT2D eigenvalue weighted by atomic mass is 35.5. The molecule has 1 amide bonds. The molecule has 0 atom stereocenters. The van der Waals surface area contributed by atoms with Crippen LogP contribution in [0, 0.1) is 16.0 Å². The predicted octanol–water partition coefficient (Wildman–Crippen LogP) is 3.82. The Bertz CT molecular complexity index is 802. The van der Waals surface area contributed by atoms with E-state index in [0.29, 0.717) is 43.2 Å². The van der Waals surface area contributed by atoms with Crippen molar-refractivity contribution in [2.24, 2.45) is 5.92 Å². The number of benzene rings is 2. The van der Waals surface area contributed by atoms with Crippen molar-refractivity contribution in [1.29, 1.82) is 0 Å². The van der Waals surface area contributed by atoms with Gasteiger partial charge in [-0.3, -0.25) is 14.9 Å². The van der Waals surface area contributed by atoms with E-state index in [2.05, 4.69) is 5.32 Å². The van der Waals surface area contributed by atoms with Crippen LogP contribution in [0.3, 0.4) is 0 Å². The maximum atomic E-state index is 12.4. The van der Waals surface area contributed by atoms with Crippen molar-refractivity contribution < 1.29 is 9.72 Å². The minimum absolute atomic E-state index is 0.0470. The number of piperidine rings is 1. The first-order valence-electron chi connectivity index (χ1n) is 9.05. The Kier molecular flexibility index (Phi) is 6.29. The summed E-state index contributed by atoms with van der Waals surface area (Å²) in [7, 11) is 0. The molecular formula is C20H22ClN3O3. The Morgan fingerprint density at radius 3 is 2.48 bits per heavy atom. The van der Waals surface area contributed by atoms with Crippen molar-refractivity contribution in [1.82, 2.24) is 5.32 Å². The fourth-order valence-electron chi connectivity index (χ4n) is 3.39. The number of hydrogen-bond donors (Lipinski definition) is 1.